The molecule has 0 aliphatic carbocycles. The molecule has 3 N–H and O–H groups in total. The zero-order valence-electron chi connectivity index (χ0n) is 19.1. The summed E-state index contributed by atoms with van der Waals surface area (Å²) >= 11 is 0. The topological polar surface area (TPSA) is 67.5 Å². The molecule has 0 aromatic heterocycles. The van der Waals surface area contributed by atoms with E-state index in [2.05, 4.69) is 43.7 Å². The van der Waals surface area contributed by atoms with Gasteiger partial charge < -0.3 is 11.1 Å². The molecule has 0 unspecified atom stereocenters. The number of aryl methyl sites for hydroxylation is 1. The second-order valence-electron chi connectivity index (χ2n) is 7.81. The third-order valence-corrected chi connectivity index (χ3v) is 5.59. The van der Waals surface area contributed by atoms with Gasteiger partial charge in [-0.15, -0.1) is 0 Å². The number of unbranched alkanes of at least 4 members (excludes halogenated alkanes) is 1. The van der Waals surface area contributed by atoms with Crippen LogP contribution in [0.15, 0.2) is 42.0 Å². The average molecular weight is 424 g/mol. The van der Waals surface area contributed by atoms with Gasteiger partial charge in [0, 0.05) is 17.5 Å². The number of hydrogen-bond donors (Lipinski definition) is 2. The molecule has 0 fully saturated rings. The number of carbonyl (C=O) groups excluding carboxylic acids is 1. The first-order valence-electron chi connectivity index (χ1n) is 11.0. The highest BCUT2D eigenvalue weighted by molar-refractivity contribution is 5.84. The first kappa shape index (κ1) is 24.3. The standard InChI is InChI=1S/C26H34FN3O/c1-6-10-11-18-12-13-19(14-23(18)29-8-3)20-15-22(27)21(16-24(28)31)26(30-9-4)25(20)17(5)7-2/h8-9,12-15,17,30H,4,6-7,10-11,16H2,1-3,5H3,(H2,28,31)/b29-8-/t17-/m1/s1. The van der Waals surface area contributed by atoms with Crippen LogP contribution in [0, 0.1) is 5.82 Å². The maximum Gasteiger partial charge on any atom is 0.222 e. The Morgan fingerprint density at radius 3 is 2.65 bits per heavy atom. The van der Waals surface area contributed by atoms with Crippen molar-refractivity contribution in [3.05, 3.63) is 59.6 Å². The van der Waals surface area contributed by atoms with Crippen LogP contribution in [0.25, 0.3) is 11.1 Å². The molecule has 1 amide bonds. The molecule has 0 heterocycles. The molecule has 4 nitrogen and oxygen atoms in total. The number of primary amides is 1. The van der Waals surface area contributed by atoms with Crippen LogP contribution in [0.1, 0.15) is 69.6 Å². The number of rotatable bonds is 11. The van der Waals surface area contributed by atoms with E-state index in [0.717, 1.165) is 48.1 Å². The van der Waals surface area contributed by atoms with Gasteiger partial charge >= 0.3 is 0 Å². The zero-order valence-corrected chi connectivity index (χ0v) is 19.1. The molecule has 2 aromatic carbocycles. The van der Waals surface area contributed by atoms with Crippen molar-refractivity contribution in [1.82, 2.24) is 0 Å². The van der Waals surface area contributed by atoms with Gasteiger partial charge in [0.1, 0.15) is 5.82 Å². The van der Waals surface area contributed by atoms with Crippen LogP contribution in [0.3, 0.4) is 0 Å². The third-order valence-electron chi connectivity index (χ3n) is 5.59. The SMILES string of the molecule is C=CNc1c(CC(N)=O)c(F)cc(-c2ccc(CCCC)c(/N=C\C)c2)c1[C@H](C)CC. The van der Waals surface area contributed by atoms with E-state index in [0.29, 0.717) is 5.69 Å². The van der Waals surface area contributed by atoms with Crippen molar-refractivity contribution >= 4 is 23.5 Å². The molecule has 0 saturated carbocycles. The summed E-state index contributed by atoms with van der Waals surface area (Å²) < 4.78 is 15.2. The second-order valence-corrected chi connectivity index (χ2v) is 7.81. The predicted octanol–water partition coefficient (Wildman–Crippen LogP) is 6.65. The summed E-state index contributed by atoms with van der Waals surface area (Å²) in [6.45, 7) is 12.0. The third kappa shape index (κ3) is 5.81. The van der Waals surface area contributed by atoms with E-state index in [1.165, 1.54) is 17.8 Å². The Labute approximate surface area is 185 Å². The van der Waals surface area contributed by atoms with Gasteiger partial charge in [-0.25, -0.2) is 4.39 Å². The minimum absolute atomic E-state index is 0.127. The molecule has 5 heteroatoms. The molecule has 0 aliphatic rings. The Hall–Kier alpha value is -2.95. The van der Waals surface area contributed by atoms with E-state index in [1.54, 1.807) is 6.21 Å². The van der Waals surface area contributed by atoms with E-state index < -0.39 is 11.7 Å². The van der Waals surface area contributed by atoms with Crippen molar-refractivity contribution < 1.29 is 9.18 Å². The number of halogens is 1. The minimum Gasteiger partial charge on any atom is -0.369 e. The van der Waals surface area contributed by atoms with Gasteiger partial charge in [-0.1, -0.05) is 45.9 Å². The summed E-state index contributed by atoms with van der Waals surface area (Å²) in [5.74, 6) is -0.905. The largest absolute Gasteiger partial charge is 0.369 e. The Morgan fingerprint density at radius 1 is 1.32 bits per heavy atom. The molecule has 31 heavy (non-hydrogen) atoms. The number of carbonyl (C=O) groups is 1. The predicted molar refractivity (Wildman–Crippen MR) is 130 cm³/mol. The van der Waals surface area contributed by atoms with Crippen LogP contribution >= 0.6 is 0 Å². The molecule has 1 atom stereocenters. The number of hydrogen-bond acceptors (Lipinski definition) is 3. The number of nitrogens with one attached hydrogen (secondary N) is 1. The molecule has 0 spiro atoms. The number of nitrogens with zero attached hydrogens (tertiary/aromatic N) is 1. The van der Waals surface area contributed by atoms with E-state index in [1.807, 2.05) is 19.1 Å². The smallest absolute Gasteiger partial charge is 0.222 e. The van der Waals surface area contributed by atoms with Gasteiger partial charge in [0.2, 0.25) is 5.91 Å². The highest BCUT2D eigenvalue weighted by Gasteiger charge is 2.23. The monoisotopic (exact) mass is 423 g/mol. The Morgan fingerprint density at radius 2 is 2.06 bits per heavy atom. The van der Waals surface area contributed by atoms with Gasteiger partial charge in [0.05, 0.1) is 12.1 Å². The van der Waals surface area contributed by atoms with Gasteiger partial charge in [0.15, 0.2) is 0 Å². The molecule has 166 valence electrons. The minimum atomic E-state index is -0.575. The molecule has 0 bridgehead atoms. The fourth-order valence-electron chi connectivity index (χ4n) is 3.85. The lowest BCUT2D eigenvalue weighted by Crippen LogP contribution is -2.17. The highest BCUT2D eigenvalue weighted by Crippen LogP contribution is 2.41. The normalized spacial score (nSPS) is 12.2. The maximum absolute atomic E-state index is 15.2. The van der Waals surface area contributed by atoms with Crippen LogP contribution in [-0.2, 0) is 17.6 Å². The Bertz CT molecular complexity index is 966. The van der Waals surface area contributed by atoms with Crippen molar-refractivity contribution in [2.24, 2.45) is 10.7 Å². The van der Waals surface area contributed by atoms with E-state index in [-0.39, 0.29) is 17.9 Å². The van der Waals surface area contributed by atoms with Crippen LogP contribution in [0.2, 0.25) is 0 Å². The lowest BCUT2D eigenvalue weighted by Gasteiger charge is -2.24. The molecular formula is C26H34FN3O. The summed E-state index contributed by atoms with van der Waals surface area (Å²) in [6.07, 6.45) is 7.13. The number of aliphatic imine (C=N–C) groups is 1. The Kier molecular flexibility index (Phi) is 8.98. The van der Waals surface area contributed by atoms with Crippen molar-refractivity contribution in [3.63, 3.8) is 0 Å². The van der Waals surface area contributed by atoms with E-state index >= 15 is 4.39 Å². The van der Waals surface area contributed by atoms with Gasteiger partial charge in [-0.3, -0.25) is 9.79 Å². The molecule has 0 saturated heterocycles. The lowest BCUT2D eigenvalue weighted by molar-refractivity contribution is -0.117. The van der Waals surface area contributed by atoms with E-state index in [4.69, 9.17) is 5.73 Å². The molecule has 2 rings (SSSR count). The summed E-state index contributed by atoms with van der Waals surface area (Å²) in [7, 11) is 0. The molecule has 0 radical (unpaired) electrons. The first-order chi connectivity index (χ1) is 14.9. The van der Waals surface area contributed by atoms with Crippen LogP contribution in [-0.4, -0.2) is 12.1 Å². The zero-order chi connectivity index (χ0) is 23.0. The molecule has 0 aliphatic heterocycles. The fourth-order valence-corrected chi connectivity index (χ4v) is 3.85. The average Bonchev–Trinajstić information content (AvgIpc) is 2.74. The second kappa shape index (κ2) is 11.4. The highest BCUT2D eigenvalue weighted by atomic mass is 19.1. The van der Waals surface area contributed by atoms with Gasteiger partial charge in [-0.05, 0) is 72.7 Å². The number of nitrogens with two attached hydrogens (primary N) is 1. The fraction of sp³-hybridized carbons (Fsp3) is 0.385. The quantitative estimate of drug-likeness (QED) is 0.397. The summed E-state index contributed by atoms with van der Waals surface area (Å²) in [6, 6.07) is 7.67. The summed E-state index contributed by atoms with van der Waals surface area (Å²) in [4.78, 5) is 16.2. The van der Waals surface area contributed by atoms with Crippen LogP contribution in [0.5, 0.6) is 0 Å². The van der Waals surface area contributed by atoms with E-state index in [9.17, 15) is 4.79 Å². The first-order valence-corrected chi connectivity index (χ1v) is 11.0. The lowest BCUT2D eigenvalue weighted by atomic mass is 9.85. The molecule has 2 aromatic rings. The molecular weight excluding hydrogens is 389 g/mol. The number of anilines is 1. The van der Waals surface area contributed by atoms with Gasteiger partial charge in [-0.2, -0.15) is 0 Å². The summed E-state index contributed by atoms with van der Waals surface area (Å²) in [5, 5.41) is 3.08. The Balaban J connectivity index is 2.79. The number of benzene rings is 2. The summed E-state index contributed by atoms with van der Waals surface area (Å²) in [5.41, 5.74) is 11.0. The number of amides is 1. The van der Waals surface area contributed by atoms with Crippen molar-refractivity contribution in [2.45, 2.75) is 65.7 Å². The van der Waals surface area contributed by atoms with Crippen molar-refractivity contribution in [1.29, 1.82) is 0 Å². The maximum atomic E-state index is 15.2. The van der Waals surface area contributed by atoms with Crippen LogP contribution in [0.4, 0.5) is 15.8 Å². The van der Waals surface area contributed by atoms with Gasteiger partial charge in [0.25, 0.3) is 0 Å². The van der Waals surface area contributed by atoms with Crippen molar-refractivity contribution in [3.8, 4) is 11.1 Å². The van der Waals surface area contributed by atoms with Crippen LogP contribution < -0.4 is 11.1 Å². The van der Waals surface area contributed by atoms with Crippen molar-refractivity contribution in [2.75, 3.05) is 5.32 Å².